The first-order chi connectivity index (χ1) is 5.72. The maximum absolute atomic E-state index is 10.8. The molecule has 1 rings (SSSR count). The van der Waals surface area contributed by atoms with Gasteiger partial charge >= 0.3 is 5.97 Å². The molecular formula is C8H12BrClO2. The van der Waals surface area contributed by atoms with Gasteiger partial charge in [-0.2, -0.15) is 0 Å². The van der Waals surface area contributed by atoms with E-state index in [1.165, 1.54) is 6.42 Å². The van der Waals surface area contributed by atoms with Crippen LogP contribution >= 0.6 is 27.5 Å². The molecule has 70 valence electrons. The lowest BCUT2D eigenvalue weighted by atomic mass is 9.98. The van der Waals surface area contributed by atoms with Crippen molar-refractivity contribution in [2.45, 2.75) is 36.6 Å². The number of hydrogen-bond acceptors (Lipinski definition) is 2. The van der Waals surface area contributed by atoms with Crippen LogP contribution in [0.2, 0.25) is 0 Å². The smallest absolute Gasteiger partial charge is 0.321 e. The number of halogens is 2. The molecule has 0 radical (unpaired) electrons. The van der Waals surface area contributed by atoms with E-state index in [-0.39, 0.29) is 18.0 Å². The third-order valence-electron chi connectivity index (χ3n) is 1.97. The fourth-order valence-electron chi connectivity index (χ4n) is 1.41. The number of rotatable bonds is 2. The molecule has 0 aromatic carbocycles. The van der Waals surface area contributed by atoms with Gasteiger partial charge in [-0.3, -0.25) is 4.79 Å². The Morgan fingerprint density at radius 2 is 2.33 bits per heavy atom. The molecule has 4 heteroatoms. The van der Waals surface area contributed by atoms with Crippen molar-refractivity contribution in [1.82, 2.24) is 0 Å². The largest absolute Gasteiger partial charge is 0.461 e. The summed E-state index contributed by atoms with van der Waals surface area (Å²) in [6, 6.07) is 0. The van der Waals surface area contributed by atoms with Gasteiger partial charge in [0.1, 0.15) is 12.0 Å². The van der Waals surface area contributed by atoms with Crippen LogP contribution in [0, 0.1) is 0 Å². The van der Waals surface area contributed by atoms with Gasteiger partial charge in [-0.15, -0.1) is 11.6 Å². The van der Waals surface area contributed by atoms with E-state index in [1.807, 2.05) is 0 Å². The molecule has 0 N–H and O–H groups in total. The summed E-state index contributed by atoms with van der Waals surface area (Å²) < 4.78 is 5.11. The van der Waals surface area contributed by atoms with Gasteiger partial charge in [-0.25, -0.2) is 0 Å². The monoisotopic (exact) mass is 254 g/mol. The minimum atomic E-state index is -0.303. The quantitative estimate of drug-likeness (QED) is 0.560. The molecule has 0 heterocycles. The van der Waals surface area contributed by atoms with Crippen molar-refractivity contribution < 1.29 is 9.53 Å². The fourth-order valence-corrected chi connectivity index (χ4v) is 2.22. The summed E-state index contributed by atoms with van der Waals surface area (Å²) >= 11 is 8.84. The number of carbonyl (C=O) groups is 1. The number of ether oxygens (including phenoxy) is 1. The minimum Gasteiger partial charge on any atom is -0.461 e. The summed E-state index contributed by atoms with van der Waals surface area (Å²) in [6.45, 7) is 0. The third-order valence-corrected chi connectivity index (χ3v) is 3.02. The van der Waals surface area contributed by atoms with Crippen molar-refractivity contribution >= 4 is 33.5 Å². The Kier molecular flexibility index (Phi) is 4.36. The molecule has 0 aromatic heterocycles. The normalized spacial score (nSPS) is 29.8. The maximum atomic E-state index is 10.8. The fraction of sp³-hybridized carbons (Fsp3) is 0.875. The van der Waals surface area contributed by atoms with Crippen LogP contribution in [0.5, 0.6) is 0 Å². The Hall–Kier alpha value is 0.240. The van der Waals surface area contributed by atoms with Crippen LogP contribution in [0.1, 0.15) is 25.7 Å². The number of alkyl halides is 2. The van der Waals surface area contributed by atoms with Crippen LogP contribution < -0.4 is 0 Å². The Balaban J connectivity index is 2.27. The predicted octanol–water partition coefficient (Wildman–Crippen LogP) is 2.47. The Morgan fingerprint density at radius 3 is 2.92 bits per heavy atom. The van der Waals surface area contributed by atoms with Crippen LogP contribution in [0.3, 0.4) is 0 Å². The molecule has 12 heavy (non-hydrogen) atoms. The van der Waals surface area contributed by atoms with Crippen LogP contribution in [-0.2, 0) is 9.53 Å². The van der Waals surface area contributed by atoms with Crippen molar-refractivity contribution in [1.29, 1.82) is 0 Å². The molecular weight excluding hydrogens is 243 g/mol. The highest BCUT2D eigenvalue weighted by Gasteiger charge is 2.22. The summed E-state index contributed by atoms with van der Waals surface area (Å²) in [6.07, 6.45) is 4.27. The van der Waals surface area contributed by atoms with E-state index in [1.54, 1.807) is 0 Å². The standard InChI is InChI=1S/C8H12BrClO2/c9-6-2-1-3-7(4-6)12-8(11)5-10/h6-7H,1-5H2. The Labute approximate surface area is 85.7 Å². The summed E-state index contributed by atoms with van der Waals surface area (Å²) in [4.78, 5) is 11.3. The van der Waals surface area contributed by atoms with Gasteiger partial charge in [-0.05, 0) is 25.7 Å². The van der Waals surface area contributed by atoms with Crippen LogP contribution in [0.4, 0.5) is 0 Å². The van der Waals surface area contributed by atoms with Gasteiger partial charge in [0.15, 0.2) is 0 Å². The van der Waals surface area contributed by atoms with Crippen molar-refractivity contribution in [3.8, 4) is 0 Å². The lowest BCUT2D eigenvalue weighted by Gasteiger charge is -2.25. The van der Waals surface area contributed by atoms with Crippen molar-refractivity contribution in [2.75, 3.05) is 5.88 Å². The molecule has 1 fully saturated rings. The molecule has 2 atom stereocenters. The molecule has 0 aliphatic heterocycles. The SMILES string of the molecule is O=C(CCl)OC1CCCC(Br)C1. The molecule has 0 spiro atoms. The van der Waals surface area contributed by atoms with E-state index in [0.29, 0.717) is 4.83 Å². The first kappa shape index (κ1) is 10.3. The average Bonchev–Trinajstić information content (AvgIpc) is 2.04. The Morgan fingerprint density at radius 1 is 1.58 bits per heavy atom. The summed E-state index contributed by atoms with van der Waals surface area (Å²) in [5.74, 6) is -0.341. The van der Waals surface area contributed by atoms with Gasteiger partial charge in [0, 0.05) is 4.83 Å². The van der Waals surface area contributed by atoms with E-state index in [0.717, 1.165) is 19.3 Å². The van der Waals surface area contributed by atoms with E-state index in [9.17, 15) is 4.79 Å². The second kappa shape index (κ2) is 5.07. The van der Waals surface area contributed by atoms with E-state index >= 15 is 0 Å². The average molecular weight is 256 g/mol. The lowest BCUT2D eigenvalue weighted by molar-refractivity contribution is -0.147. The van der Waals surface area contributed by atoms with E-state index in [4.69, 9.17) is 16.3 Å². The van der Waals surface area contributed by atoms with Crippen LogP contribution in [0.25, 0.3) is 0 Å². The number of carbonyl (C=O) groups excluding carboxylic acids is 1. The van der Waals surface area contributed by atoms with E-state index in [2.05, 4.69) is 15.9 Å². The predicted molar refractivity (Wildman–Crippen MR) is 51.8 cm³/mol. The summed E-state index contributed by atoms with van der Waals surface area (Å²) in [5, 5.41) is 0. The van der Waals surface area contributed by atoms with Crippen molar-refractivity contribution in [2.24, 2.45) is 0 Å². The zero-order chi connectivity index (χ0) is 8.97. The maximum Gasteiger partial charge on any atom is 0.321 e. The molecule has 1 aliphatic rings. The molecule has 0 amide bonds. The zero-order valence-electron chi connectivity index (χ0n) is 6.76. The topological polar surface area (TPSA) is 26.3 Å². The highest BCUT2D eigenvalue weighted by molar-refractivity contribution is 9.09. The molecule has 1 aliphatic carbocycles. The first-order valence-electron chi connectivity index (χ1n) is 4.12. The molecule has 2 unspecified atom stereocenters. The lowest BCUT2D eigenvalue weighted by Crippen LogP contribution is -2.26. The van der Waals surface area contributed by atoms with Crippen LogP contribution in [-0.4, -0.2) is 22.8 Å². The highest BCUT2D eigenvalue weighted by Crippen LogP contribution is 2.26. The molecule has 0 bridgehead atoms. The second-order valence-electron chi connectivity index (χ2n) is 3.01. The zero-order valence-corrected chi connectivity index (χ0v) is 9.10. The molecule has 2 nitrogen and oxygen atoms in total. The number of hydrogen-bond donors (Lipinski definition) is 0. The molecule has 1 saturated carbocycles. The van der Waals surface area contributed by atoms with Crippen LogP contribution in [0.15, 0.2) is 0 Å². The van der Waals surface area contributed by atoms with Gasteiger partial charge in [0.25, 0.3) is 0 Å². The highest BCUT2D eigenvalue weighted by atomic mass is 79.9. The third kappa shape index (κ3) is 3.31. The molecule has 0 saturated heterocycles. The van der Waals surface area contributed by atoms with Crippen molar-refractivity contribution in [3.05, 3.63) is 0 Å². The summed E-state index contributed by atoms with van der Waals surface area (Å²) in [5.41, 5.74) is 0. The summed E-state index contributed by atoms with van der Waals surface area (Å²) in [7, 11) is 0. The first-order valence-corrected chi connectivity index (χ1v) is 5.57. The van der Waals surface area contributed by atoms with Crippen molar-refractivity contribution in [3.63, 3.8) is 0 Å². The second-order valence-corrected chi connectivity index (χ2v) is 4.57. The van der Waals surface area contributed by atoms with Gasteiger partial charge < -0.3 is 4.74 Å². The molecule has 0 aromatic rings. The Bertz CT molecular complexity index is 163. The minimum absolute atomic E-state index is 0.0382. The van der Waals surface area contributed by atoms with Gasteiger partial charge in [-0.1, -0.05) is 15.9 Å². The van der Waals surface area contributed by atoms with Gasteiger partial charge in [0.05, 0.1) is 0 Å². The van der Waals surface area contributed by atoms with Gasteiger partial charge in [0.2, 0.25) is 0 Å². The van der Waals surface area contributed by atoms with E-state index < -0.39 is 0 Å². The number of esters is 1.